The topological polar surface area (TPSA) is 58.6 Å². The van der Waals surface area contributed by atoms with Crippen LogP contribution in [0.25, 0.3) is 0 Å². The fourth-order valence-electron chi connectivity index (χ4n) is 2.33. The molecule has 0 bridgehead atoms. The van der Waals surface area contributed by atoms with E-state index in [-0.39, 0.29) is 6.10 Å². The van der Waals surface area contributed by atoms with Crippen LogP contribution in [0.4, 0.5) is 0 Å². The molecule has 1 aliphatic rings. The average Bonchev–Trinajstić information content (AvgIpc) is 3.06. The zero-order chi connectivity index (χ0) is 15.5. The van der Waals surface area contributed by atoms with Crippen molar-refractivity contribution in [2.24, 2.45) is 0 Å². The molecule has 0 saturated carbocycles. The SMILES string of the molecule is CC(C)NCc1sccc1S(=O)(=O)N(C)CC1CCCO1. The molecule has 2 rings (SSSR count). The Bertz CT molecular complexity index is 548. The lowest BCUT2D eigenvalue weighted by Gasteiger charge is -2.21. The Hall–Kier alpha value is -0.470. The quantitative estimate of drug-likeness (QED) is 0.830. The van der Waals surface area contributed by atoms with Crippen molar-refractivity contribution in [2.45, 2.75) is 50.3 Å². The van der Waals surface area contributed by atoms with Crippen molar-refractivity contribution in [1.29, 1.82) is 0 Å². The predicted molar refractivity (Wildman–Crippen MR) is 85.1 cm³/mol. The zero-order valence-corrected chi connectivity index (χ0v) is 14.5. The molecule has 0 spiro atoms. The number of ether oxygens (including phenoxy) is 1. The van der Waals surface area contributed by atoms with Gasteiger partial charge >= 0.3 is 0 Å². The molecule has 0 radical (unpaired) electrons. The van der Waals surface area contributed by atoms with E-state index < -0.39 is 10.0 Å². The normalized spacial score (nSPS) is 19.8. The highest BCUT2D eigenvalue weighted by atomic mass is 32.2. The highest BCUT2D eigenvalue weighted by Gasteiger charge is 2.28. The molecule has 1 aromatic rings. The Morgan fingerprint density at radius 2 is 2.29 bits per heavy atom. The first-order valence-corrected chi connectivity index (χ1v) is 9.61. The fourth-order valence-corrected chi connectivity index (χ4v) is 4.89. The van der Waals surface area contributed by atoms with Crippen LogP contribution < -0.4 is 5.32 Å². The van der Waals surface area contributed by atoms with E-state index in [4.69, 9.17) is 4.74 Å². The van der Waals surface area contributed by atoms with Crippen LogP contribution in [0.3, 0.4) is 0 Å². The van der Waals surface area contributed by atoms with Crippen LogP contribution in [-0.2, 0) is 21.3 Å². The zero-order valence-electron chi connectivity index (χ0n) is 12.8. The summed E-state index contributed by atoms with van der Waals surface area (Å²) in [6.45, 7) is 5.84. The first kappa shape index (κ1) is 16.9. The maximum absolute atomic E-state index is 12.7. The van der Waals surface area contributed by atoms with Crippen LogP contribution in [0.15, 0.2) is 16.3 Å². The summed E-state index contributed by atoms with van der Waals surface area (Å²) in [5.41, 5.74) is 0. The monoisotopic (exact) mass is 332 g/mol. The third-order valence-electron chi connectivity index (χ3n) is 3.55. The lowest BCUT2D eigenvalue weighted by atomic mass is 10.2. The van der Waals surface area contributed by atoms with Gasteiger partial charge in [-0.25, -0.2) is 8.42 Å². The highest BCUT2D eigenvalue weighted by molar-refractivity contribution is 7.89. The minimum absolute atomic E-state index is 0.0284. The Morgan fingerprint density at radius 1 is 1.52 bits per heavy atom. The van der Waals surface area contributed by atoms with Gasteiger partial charge < -0.3 is 10.1 Å². The van der Waals surface area contributed by atoms with Crippen LogP contribution in [0, 0.1) is 0 Å². The first-order chi connectivity index (χ1) is 9.91. The number of hydrogen-bond acceptors (Lipinski definition) is 5. The smallest absolute Gasteiger partial charge is 0.244 e. The van der Waals surface area contributed by atoms with Gasteiger partial charge in [0.1, 0.15) is 0 Å². The van der Waals surface area contributed by atoms with Gasteiger partial charge in [-0.2, -0.15) is 4.31 Å². The summed E-state index contributed by atoms with van der Waals surface area (Å²) < 4.78 is 32.3. The van der Waals surface area contributed by atoms with Crippen molar-refractivity contribution in [3.63, 3.8) is 0 Å². The number of sulfonamides is 1. The molecule has 1 unspecified atom stereocenters. The maximum Gasteiger partial charge on any atom is 0.244 e. The number of likely N-dealkylation sites (N-methyl/N-ethyl adjacent to an activating group) is 1. The van der Waals surface area contributed by atoms with Gasteiger partial charge in [0.05, 0.1) is 11.0 Å². The molecule has 2 heterocycles. The average molecular weight is 332 g/mol. The largest absolute Gasteiger partial charge is 0.377 e. The second-order valence-corrected chi connectivity index (χ2v) is 8.68. The number of rotatable bonds is 7. The van der Waals surface area contributed by atoms with E-state index in [9.17, 15) is 8.42 Å². The molecule has 0 aromatic carbocycles. The van der Waals surface area contributed by atoms with E-state index in [0.29, 0.717) is 24.0 Å². The van der Waals surface area contributed by atoms with Gasteiger partial charge in [0.15, 0.2) is 0 Å². The molecule has 1 fully saturated rings. The standard InChI is InChI=1S/C14H24N2O3S2/c1-11(2)15-9-13-14(6-8-20-13)21(17,18)16(3)10-12-5-4-7-19-12/h6,8,11-12,15H,4-5,7,9-10H2,1-3H3. The molecule has 7 heteroatoms. The minimum Gasteiger partial charge on any atom is -0.377 e. The third kappa shape index (κ3) is 4.26. The molecular weight excluding hydrogens is 308 g/mol. The summed E-state index contributed by atoms with van der Waals surface area (Å²) in [6.07, 6.45) is 1.98. The number of nitrogens with zero attached hydrogens (tertiary/aromatic N) is 1. The Labute approximate surface area is 131 Å². The summed E-state index contributed by atoms with van der Waals surface area (Å²) in [6, 6.07) is 2.02. The Morgan fingerprint density at radius 3 is 2.90 bits per heavy atom. The van der Waals surface area contributed by atoms with Crippen LogP contribution in [0.1, 0.15) is 31.6 Å². The van der Waals surface area contributed by atoms with E-state index >= 15 is 0 Å². The van der Waals surface area contributed by atoms with Crippen molar-refractivity contribution in [1.82, 2.24) is 9.62 Å². The second kappa shape index (κ2) is 7.19. The number of thiophene rings is 1. The molecule has 1 saturated heterocycles. The molecule has 0 amide bonds. The lowest BCUT2D eigenvalue weighted by molar-refractivity contribution is 0.0979. The lowest BCUT2D eigenvalue weighted by Crippen LogP contribution is -2.34. The van der Waals surface area contributed by atoms with Crippen molar-refractivity contribution >= 4 is 21.4 Å². The van der Waals surface area contributed by atoms with Gasteiger partial charge in [0.25, 0.3) is 0 Å². The molecular formula is C14H24N2O3S2. The summed E-state index contributed by atoms with van der Waals surface area (Å²) in [4.78, 5) is 1.28. The summed E-state index contributed by atoms with van der Waals surface area (Å²) >= 11 is 1.48. The molecule has 1 aliphatic heterocycles. The van der Waals surface area contributed by atoms with Gasteiger partial charge in [0.2, 0.25) is 10.0 Å². The van der Waals surface area contributed by atoms with E-state index in [1.165, 1.54) is 15.6 Å². The van der Waals surface area contributed by atoms with E-state index in [0.717, 1.165) is 24.3 Å². The van der Waals surface area contributed by atoms with Gasteiger partial charge in [-0.1, -0.05) is 13.8 Å². The summed E-state index contributed by atoms with van der Waals surface area (Å²) in [5, 5.41) is 5.11. The van der Waals surface area contributed by atoms with Crippen LogP contribution in [-0.4, -0.2) is 45.1 Å². The minimum atomic E-state index is -3.44. The summed E-state index contributed by atoms with van der Waals surface area (Å²) in [5.74, 6) is 0. The summed E-state index contributed by atoms with van der Waals surface area (Å²) in [7, 11) is -1.80. The number of hydrogen-bond donors (Lipinski definition) is 1. The number of nitrogens with one attached hydrogen (secondary N) is 1. The molecule has 21 heavy (non-hydrogen) atoms. The predicted octanol–water partition coefficient (Wildman–Crippen LogP) is 2.05. The highest BCUT2D eigenvalue weighted by Crippen LogP contribution is 2.25. The Kier molecular flexibility index (Phi) is 5.79. The molecule has 1 atom stereocenters. The molecule has 5 nitrogen and oxygen atoms in total. The van der Waals surface area contributed by atoms with Gasteiger partial charge in [-0.15, -0.1) is 11.3 Å². The third-order valence-corrected chi connectivity index (χ3v) is 6.51. The second-order valence-electron chi connectivity index (χ2n) is 5.66. The van der Waals surface area contributed by atoms with Crippen molar-refractivity contribution < 1.29 is 13.2 Å². The first-order valence-electron chi connectivity index (χ1n) is 7.29. The van der Waals surface area contributed by atoms with Gasteiger partial charge in [-0.05, 0) is 24.3 Å². The van der Waals surface area contributed by atoms with Crippen LogP contribution >= 0.6 is 11.3 Å². The van der Waals surface area contributed by atoms with Crippen LogP contribution in [0.5, 0.6) is 0 Å². The van der Waals surface area contributed by atoms with E-state index in [1.807, 2.05) is 19.2 Å². The Balaban J connectivity index is 2.09. The molecule has 0 aliphatic carbocycles. The van der Waals surface area contributed by atoms with Crippen molar-refractivity contribution in [2.75, 3.05) is 20.2 Å². The van der Waals surface area contributed by atoms with Gasteiger partial charge in [0, 0.05) is 37.7 Å². The van der Waals surface area contributed by atoms with Crippen molar-refractivity contribution in [3.8, 4) is 0 Å². The van der Waals surface area contributed by atoms with E-state index in [2.05, 4.69) is 5.32 Å². The van der Waals surface area contributed by atoms with Crippen molar-refractivity contribution in [3.05, 3.63) is 16.3 Å². The van der Waals surface area contributed by atoms with Crippen LogP contribution in [0.2, 0.25) is 0 Å². The maximum atomic E-state index is 12.7. The van der Waals surface area contributed by atoms with E-state index in [1.54, 1.807) is 13.1 Å². The van der Waals surface area contributed by atoms with Gasteiger partial charge in [-0.3, -0.25) is 0 Å². The molecule has 1 N–H and O–H groups in total. The molecule has 120 valence electrons. The fraction of sp³-hybridized carbons (Fsp3) is 0.714. The molecule has 1 aromatic heterocycles.